The summed E-state index contributed by atoms with van der Waals surface area (Å²) in [6.07, 6.45) is 0. The normalized spacial score (nSPS) is 14.0. The van der Waals surface area contributed by atoms with Gasteiger partial charge in [-0.25, -0.2) is 4.98 Å². The van der Waals surface area contributed by atoms with Crippen LogP contribution in [0.2, 0.25) is 0 Å². The maximum Gasteiger partial charge on any atom is 0.233 e. The molecule has 1 aliphatic heterocycles. The van der Waals surface area contributed by atoms with Crippen LogP contribution in [0.25, 0.3) is 22.4 Å². The lowest BCUT2D eigenvalue weighted by Crippen LogP contribution is -2.37. The smallest absolute Gasteiger partial charge is 0.233 e. The zero-order valence-electron chi connectivity index (χ0n) is 17.6. The highest BCUT2D eigenvalue weighted by Gasteiger charge is 2.17. The van der Waals surface area contributed by atoms with E-state index in [4.69, 9.17) is 10.5 Å². The molecule has 0 bridgehead atoms. The number of para-hydroxylation sites is 2. The number of benzene rings is 2. The minimum atomic E-state index is 0.470. The molecule has 4 aromatic rings. The molecule has 1 aliphatic rings. The highest BCUT2D eigenvalue weighted by molar-refractivity contribution is 5.79. The van der Waals surface area contributed by atoms with Crippen molar-refractivity contribution in [2.45, 2.75) is 0 Å². The van der Waals surface area contributed by atoms with E-state index in [1.165, 1.54) is 0 Å². The molecule has 0 radical (unpaired) electrons. The summed E-state index contributed by atoms with van der Waals surface area (Å²) in [6.45, 7) is 3.87. The third kappa shape index (κ3) is 4.46. The van der Waals surface area contributed by atoms with Crippen molar-refractivity contribution in [1.29, 1.82) is 0 Å². The Morgan fingerprint density at radius 3 is 2.50 bits per heavy atom. The molecule has 32 heavy (non-hydrogen) atoms. The van der Waals surface area contributed by atoms with Gasteiger partial charge in [-0.05, 0) is 36.4 Å². The lowest BCUT2D eigenvalue weighted by Gasteiger charge is -2.27. The molecule has 0 unspecified atom stereocenters. The molecule has 0 atom stereocenters. The second kappa shape index (κ2) is 9.16. The van der Waals surface area contributed by atoms with Crippen LogP contribution in [-0.2, 0) is 4.74 Å². The van der Waals surface area contributed by atoms with Crippen LogP contribution in [-0.4, -0.2) is 64.3 Å². The fourth-order valence-electron chi connectivity index (χ4n) is 3.52. The van der Waals surface area contributed by atoms with Gasteiger partial charge in [-0.3, -0.25) is 0 Å². The van der Waals surface area contributed by atoms with Crippen molar-refractivity contribution in [1.82, 2.24) is 24.9 Å². The molecule has 164 valence electrons. The Morgan fingerprint density at radius 1 is 0.938 bits per heavy atom. The second-order valence-electron chi connectivity index (χ2n) is 7.40. The van der Waals surface area contributed by atoms with Crippen molar-refractivity contribution < 1.29 is 4.74 Å². The Morgan fingerprint density at radius 2 is 1.72 bits per heavy atom. The first-order valence-electron chi connectivity index (χ1n) is 10.6. The fourth-order valence-corrected chi connectivity index (χ4v) is 3.52. The first-order valence-corrected chi connectivity index (χ1v) is 10.6. The number of morpholine rings is 1. The number of aromatic nitrogens is 5. The van der Waals surface area contributed by atoms with Crippen molar-refractivity contribution in [2.24, 2.45) is 5.73 Å². The summed E-state index contributed by atoms with van der Waals surface area (Å²) in [6, 6.07) is 16.0. The van der Waals surface area contributed by atoms with Crippen LogP contribution in [0.4, 0.5) is 23.5 Å². The molecule has 0 saturated carbocycles. The van der Waals surface area contributed by atoms with E-state index < -0.39 is 0 Å². The third-order valence-corrected chi connectivity index (χ3v) is 5.15. The van der Waals surface area contributed by atoms with Gasteiger partial charge in [0, 0.05) is 37.4 Å². The van der Waals surface area contributed by atoms with Crippen molar-refractivity contribution in [2.75, 3.05) is 54.9 Å². The van der Waals surface area contributed by atoms with E-state index in [-0.39, 0.29) is 0 Å². The minimum absolute atomic E-state index is 0.470. The van der Waals surface area contributed by atoms with Crippen LogP contribution >= 0.6 is 0 Å². The van der Waals surface area contributed by atoms with Gasteiger partial charge in [0.05, 0.1) is 24.2 Å². The van der Waals surface area contributed by atoms with Gasteiger partial charge in [-0.1, -0.05) is 12.1 Å². The van der Waals surface area contributed by atoms with E-state index >= 15 is 0 Å². The number of aromatic amines is 1. The Labute approximate surface area is 185 Å². The van der Waals surface area contributed by atoms with Gasteiger partial charge in [-0.2, -0.15) is 15.0 Å². The van der Waals surface area contributed by atoms with E-state index in [1.54, 1.807) is 0 Å². The van der Waals surface area contributed by atoms with Crippen molar-refractivity contribution in [3.05, 3.63) is 48.5 Å². The quantitative estimate of drug-likeness (QED) is 0.348. The van der Waals surface area contributed by atoms with Crippen LogP contribution in [0.3, 0.4) is 0 Å². The SMILES string of the molecule is NCCNc1nc(Nc2ccc(-c3nc4ccccc4[nH]3)cc2)nc(N2CCOCC2)n1. The number of imidazole rings is 1. The number of anilines is 4. The zero-order chi connectivity index (χ0) is 21.8. The van der Waals surface area contributed by atoms with Gasteiger partial charge in [0.1, 0.15) is 5.82 Å². The van der Waals surface area contributed by atoms with Gasteiger partial charge < -0.3 is 31.0 Å². The lowest BCUT2D eigenvalue weighted by atomic mass is 10.2. The lowest BCUT2D eigenvalue weighted by molar-refractivity contribution is 0.122. The molecule has 0 aliphatic carbocycles. The van der Waals surface area contributed by atoms with Gasteiger partial charge in [0.25, 0.3) is 0 Å². The van der Waals surface area contributed by atoms with Gasteiger partial charge in [0.2, 0.25) is 17.8 Å². The molecule has 5 N–H and O–H groups in total. The molecule has 10 heteroatoms. The zero-order valence-corrected chi connectivity index (χ0v) is 17.6. The monoisotopic (exact) mass is 431 g/mol. The summed E-state index contributed by atoms with van der Waals surface area (Å²) in [7, 11) is 0. The van der Waals surface area contributed by atoms with Gasteiger partial charge >= 0.3 is 0 Å². The van der Waals surface area contributed by atoms with Crippen LogP contribution in [0.15, 0.2) is 48.5 Å². The summed E-state index contributed by atoms with van der Waals surface area (Å²) in [5.41, 5.74) is 9.46. The first-order chi connectivity index (χ1) is 15.8. The number of rotatable bonds is 7. The summed E-state index contributed by atoms with van der Waals surface area (Å²) in [4.78, 5) is 23.8. The molecule has 1 saturated heterocycles. The maximum absolute atomic E-state index is 5.62. The number of hydrogen-bond donors (Lipinski definition) is 4. The standard InChI is InChI=1S/C22H25N9O/c23-9-10-24-20-28-21(30-22(29-20)31-11-13-32-14-12-31)25-16-7-5-15(6-8-16)19-26-17-3-1-2-4-18(17)27-19/h1-8H,9-14,23H2,(H,26,27)(H2,24,25,28,29,30). The van der Waals surface area contributed by atoms with E-state index in [0.29, 0.717) is 44.1 Å². The molecule has 2 aromatic carbocycles. The fraction of sp³-hybridized carbons (Fsp3) is 0.273. The van der Waals surface area contributed by atoms with Crippen LogP contribution in [0.5, 0.6) is 0 Å². The molecule has 2 aromatic heterocycles. The number of nitrogens with one attached hydrogen (secondary N) is 3. The predicted molar refractivity (Wildman–Crippen MR) is 125 cm³/mol. The highest BCUT2D eigenvalue weighted by Crippen LogP contribution is 2.24. The van der Waals surface area contributed by atoms with Crippen LogP contribution < -0.4 is 21.3 Å². The van der Waals surface area contributed by atoms with E-state index in [0.717, 1.165) is 41.2 Å². The number of ether oxygens (including phenoxy) is 1. The van der Waals surface area contributed by atoms with Gasteiger partial charge in [-0.15, -0.1) is 0 Å². The molecule has 10 nitrogen and oxygen atoms in total. The molecular weight excluding hydrogens is 406 g/mol. The van der Waals surface area contributed by atoms with Crippen molar-refractivity contribution >= 4 is 34.6 Å². The van der Waals surface area contributed by atoms with Crippen LogP contribution in [0, 0.1) is 0 Å². The predicted octanol–water partition coefficient (Wildman–Crippen LogP) is 2.37. The Hall–Kier alpha value is -3.76. The minimum Gasteiger partial charge on any atom is -0.378 e. The number of nitrogens with two attached hydrogens (primary N) is 1. The Kier molecular flexibility index (Phi) is 5.77. The summed E-state index contributed by atoms with van der Waals surface area (Å²) >= 11 is 0. The third-order valence-electron chi connectivity index (χ3n) is 5.15. The van der Waals surface area contributed by atoms with E-state index in [9.17, 15) is 0 Å². The molecule has 0 amide bonds. The summed E-state index contributed by atoms with van der Waals surface area (Å²) in [5.74, 6) is 2.41. The number of hydrogen-bond acceptors (Lipinski definition) is 9. The van der Waals surface area contributed by atoms with E-state index in [1.807, 2.05) is 48.5 Å². The molecular formula is C22H25N9O. The summed E-state index contributed by atoms with van der Waals surface area (Å²) in [5, 5.41) is 6.43. The highest BCUT2D eigenvalue weighted by atomic mass is 16.5. The van der Waals surface area contributed by atoms with Crippen LogP contribution in [0.1, 0.15) is 0 Å². The average Bonchev–Trinajstić information content (AvgIpc) is 3.28. The van der Waals surface area contributed by atoms with Gasteiger partial charge in [0.15, 0.2) is 0 Å². The van der Waals surface area contributed by atoms with Crippen molar-refractivity contribution in [3.8, 4) is 11.4 Å². The summed E-state index contributed by atoms with van der Waals surface area (Å²) < 4.78 is 5.44. The maximum atomic E-state index is 5.62. The Balaban J connectivity index is 1.37. The largest absolute Gasteiger partial charge is 0.378 e. The molecule has 1 fully saturated rings. The van der Waals surface area contributed by atoms with E-state index in [2.05, 4.69) is 40.5 Å². The average molecular weight is 432 g/mol. The number of H-pyrrole nitrogens is 1. The number of nitrogens with zero attached hydrogens (tertiary/aromatic N) is 5. The first kappa shape index (κ1) is 20.2. The van der Waals surface area contributed by atoms with Crippen molar-refractivity contribution in [3.63, 3.8) is 0 Å². The molecule has 0 spiro atoms. The number of fused-ring (bicyclic) bond motifs is 1. The Bertz CT molecular complexity index is 1150. The molecule has 5 rings (SSSR count). The topological polar surface area (TPSA) is 130 Å². The second-order valence-corrected chi connectivity index (χ2v) is 7.40. The molecule has 3 heterocycles.